The summed E-state index contributed by atoms with van der Waals surface area (Å²) in [4.78, 5) is 17.3. The Morgan fingerprint density at radius 3 is 2.61 bits per heavy atom. The molecule has 0 aliphatic carbocycles. The second kappa shape index (κ2) is 7.26. The van der Waals surface area contributed by atoms with E-state index in [9.17, 15) is 9.90 Å². The number of carbonyl (C=O) groups excluding carboxylic acids is 1. The normalized spacial score (nSPS) is 12.4. The maximum Gasteiger partial charge on any atom is 0.271 e. The molecular weight excluding hydrogens is 298 g/mol. The van der Waals surface area contributed by atoms with Gasteiger partial charge in [-0.3, -0.25) is 4.79 Å². The first-order valence-corrected chi connectivity index (χ1v) is 7.20. The van der Waals surface area contributed by atoms with Crippen LogP contribution in [0.25, 0.3) is 11.3 Å². The van der Waals surface area contributed by atoms with Crippen molar-refractivity contribution in [1.82, 2.24) is 9.88 Å². The van der Waals surface area contributed by atoms with E-state index < -0.39 is 12.0 Å². The van der Waals surface area contributed by atoms with E-state index in [0.29, 0.717) is 29.5 Å². The fourth-order valence-electron chi connectivity index (χ4n) is 2.16. The summed E-state index contributed by atoms with van der Waals surface area (Å²) in [6.07, 6.45) is -0.567. The Morgan fingerprint density at radius 1 is 1.39 bits per heavy atom. The molecule has 7 nitrogen and oxygen atoms in total. The predicted molar refractivity (Wildman–Crippen MR) is 85.2 cm³/mol. The number of primary amides is 1. The predicted octanol–water partition coefficient (Wildman–Crippen LogP) is 1.05. The Morgan fingerprint density at radius 2 is 2.04 bits per heavy atom. The molecule has 2 aromatic rings. The summed E-state index contributed by atoms with van der Waals surface area (Å²) in [7, 11) is 3.77. The Labute approximate surface area is 134 Å². The molecule has 7 heteroatoms. The molecule has 1 heterocycles. The first kappa shape index (κ1) is 17.0. The fourth-order valence-corrected chi connectivity index (χ4v) is 2.16. The van der Waals surface area contributed by atoms with Crippen LogP contribution >= 0.6 is 0 Å². The van der Waals surface area contributed by atoms with E-state index in [-0.39, 0.29) is 12.3 Å². The van der Waals surface area contributed by atoms with Crippen molar-refractivity contribution in [3.8, 4) is 17.1 Å². The Hall–Kier alpha value is -2.38. The SMILES string of the molecule is Cc1nc(C(N)=O)c(-c2ccc(OCC(O)CN(C)C)cc2)o1. The molecule has 0 saturated heterocycles. The highest BCUT2D eigenvalue weighted by Gasteiger charge is 2.17. The van der Waals surface area contributed by atoms with Crippen molar-refractivity contribution >= 4 is 5.91 Å². The number of hydrogen-bond acceptors (Lipinski definition) is 6. The standard InChI is InChI=1S/C16H21N3O4/c1-10-18-14(16(17)21)15(23-10)11-4-6-13(7-5-11)22-9-12(20)8-19(2)3/h4-7,12,20H,8-9H2,1-3H3,(H2,17,21). The molecule has 2 rings (SSSR count). The molecule has 0 saturated carbocycles. The number of likely N-dealkylation sites (N-methyl/N-ethyl adjacent to an activating group) is 1. The van der Waals surface area contributed by atoms with Gasteiger partial charge in [0.1, 0.15) is 18.5 Å². The van der Waals surface area contributed by atoms with Crippen LogP contribution in [0.1, 0.15) is 16.4 Å². The lowest BCUT2D eigenvalue weighted by atomic mass is 10.1. The summed E-state index contributed by atoms with van der Waals surface area (Å²) in [5, 5.41) is 9.77. The van der Waals surface area contributed by atoms with Crippen molar-refractivity contribution in [2.24, 2.45) is 5.73 Å². The van der Waals surface area contributed by atoms with Crippen molar-refractivity contribution in [3.63, 3.8) is 0 Å². The zero-order valence-corrected chi connectivity index (χ0v) is 13.4. The number of amides is 1. The maximum atomic E-state index is 11.4. The van der Waals surface area contributed by atoms with Gasteiger partial charge in [0.25, 0.3) is 5.91 Å². The van der Waals surface area contributed by atoms with E-state index >= 15 is 0 Å². The third-order valence-electron chi connectivity index (χ3n) is 3.10. The molecule has 3 N–H and O–H groups in total. The number of nitrogens with zero attached hydrogens (tertiary/aromatic N) is 2. The fraction of sp³-hybridized carbons (Fsp3) is 0.375. The summed E-state index contributed by atoms with van der Waals surface area (Å²) in [6, 6.07) is 6.97. The number of hydrogen-bond donors (Lipinski definition) is 2. The van der Waals surface area contributed by atoms with Gasteiger partial charge in [-0.1, -0.05) is 0 Å². The number of carbonyl (C=O) groups is 1. The molecular formula is C16H21N3O4. The van der Waals surface area contributed by atoms with Gasteiger partial charge in [-0.05, 0) is 38.4 Å². The van der Waals surface area contributed by atoms with Crippen LogP contribution in [0.15, 0.2) is 28.7 Å². The van der Waals surface area contributed by atoms with Crippen LogP contribution in [0, 0.1) is 6.92 Å². The highest BCUT2D eigenvalue weighted by Crippen LogP contribution is 2.26. The quantitative estimate of drug-likeness (QED) is 0.791. The Kier molecular flexibility index (Phi) is 5.36. The van der Waals surface area contributed by atoms with Crippen molar-refractivity contribution < 1.29 is 19.1 Å². The van der Waals surface area contributed by atoms with E-state index in [2.05, 4.69) is 4.98 Å². The summed E-state index contributed by atoms with van der Waals surface area (Å²) < 4.78 is 11.0. The minimum atomic E-state index is -0.635. The lowest BCUT2D eigenvalue weighted by Crippen LogP contribution is -2.30. The van der Waals surface area contributed by atoms with Gasteiger partial charge < -0.3 is 24.9 Å². The van der Waals surface area contributed by atoms with Gasteiger partial charge in [0.05, 0.1) is 0 Å². The van der Waals surface area contributed by atoms with Crippen LogP contribution in [-0.4, -0.2) is 54.2 Å². The summed E-state index contributed by atoms with van der Waals surface area (Å²) in [5.74, 6) is 0.697. The van der Waals surface area contributed by atoms with E-state index in [1.165, 1.54) is 0 Å². The van der Waals surface area contributed by atoms with Crippen LogP contribution in [0.5, 0.6) is 5.75 Å². The number of aliphatic hydroxyl groups is 1. The molecule has 0 radical (unpaired) electrons. The zero-order chi connectivity index (χ0) is 17.0. The maximum absolute atomic E-state index is 11.4. The molecule has 1 amide bonds. The summed E-state index contributed by atoms with van der Waals surface area (Å²) in [6.45, 7) is 2.38. The Bertz CT molecular complexity index is 664. The number of oxazole rings is 1. The van der Waals surface area contributed by atoms with E-state index in [4.69, 9.17) is 14.9 Å². The molecule has 0 aliphatic heterocycles. The second-order valence-corrected chi connectivity index (χ2v) is 5.53. The van der Waals surface area contributed by atoms with E-state index in [1.807, 2.05) is 19.0 Å². The minimum absolute atomic E-state index is 0.109. The van der Waals surface area contributed by atoms with Gasteiger partial charge in [0, 0.05) is 19.0 Å². The van der Waals surface area contributed by atoms with Gasteiger partial charge in [0.2, 0.25) is 0 Å². The highest BCUT2D eigenvalue weighted by molar-refractivity contribution is 5.96. The number of aliphatic hydroxyl groups excluding tert-OH is 1. The lowest BCUT2D eigenvalue weighted by molar-refractivity contribution is 0.0831. The van der Waals surface area contributed by atoms with Crippen LogP contribution in [-0.2, 0) is 0 Å². The largest absolute Gasteiger partial charge is 0.491 e. The number of nitrogens with two attached hydrogens (primary N) is 1. The van der Waals surface area contributed by atoms with Crippen LogP contribution < -0.4 is 10.5 Å². The number of aromatic nitrogens is 1. The smallest absolute Gasteiger partial charge is 0.271 e. The van der Waals surface area contributed by atoms with Crippen molar-refractivity contribution in [3.05, 3.63) is 35.9 Å². The van der Waals surface area contributed by atoms with Crippen LogP contribution in [0.4, 0.5) is 0 Å². The van der Waals surface area contributed by atoms with Crippen molar-refractivity contribution in [2.75, 3.05) is 27.2 Å². The molecule has 124 valence electrons. The summed E-state index contributed by atoms with van der Waals surface area (Å²) in [5.41, 5.74) is 6.09. The zero-order valence-electron chi connectivity index (χ0n) is 13.4. The molecule has 23 heavy (non-hydrogen) atoms. The first-order valence-electron chi connectivity index (χ1n) is 7.20. The first-order chi connectivity index (χ1) is 10.9. The van der Waals surface area contributed by atoms with Crippen molar-refractivity contribution in [2.45, 2.75) is 13.0 Å². The molecule has 1 unspecified atom stereocenters. The molecule has 0 fully saturated rings. The molecule has 1 atom stereocenters. The summed E-state index contributed by atoms with van der Waals surface area (Å²) >= 11 is 0. The topological polar surface area (TPSA) is 102 Å². The number of ether oxygens (including phenoxy) is 1. The monoisotopic (exact) mass is 319 g/mol. The number of rotatable bonds is 7. The van der Waals surface area contributed by atoms with Crippen LogP contribution in [0.2, 0.25) is 0 Å². The molecule has 1 aromatic heterocycles. The van der Waals surface area contributed by atoms with E-state index in [0.717, 1.165) is 0 Å². The average molecular weight is 319 g/mol. The van der Waals surface area contributed by atoms with Gasteiger partial charge in [-0.25, -0.2) is 4.98 Å². The minimum Gasteiger partial charge on any atom is -0.491 e. The van der Waals surface area contributed by atoms with Gasteiger partial charge >= 0.3 is 0 Å². The van der Waals surface area contributed by atoms with Gasteiger partial charge in [-0.15, -0.1) is 0 Å². The number of benzene rings is 1. The van der Waals surface area contributed by atoms with Crippen molar-refractivity contribution in [1.29, 1.82) is 0 Å². The second-order valence-electron chi connectivity index (χ2n) is 5.53. The molecule has 0 spiro atoms. The molecule has 0 bridgehead atoms. The highest BCUT2D eigenvalue weighted by atomic mass is 16.5. The lowest BCUT2D eigenvalue weighted by Gasteiger charge is -2.16. The number of aryl methyl sites for hydroxylation is 1. The average Bonchev–Trinajstić information content (AvgIpc) is 2.87. The van der Waals surface area contributed by atoms with E-state index in [1.54, 1.807) is 31.2 Å². The van der Waals surface area contributed by atoms with Gasteiger partial charge in [0.15, 0.2) is 17.3 Å². The van der Waals surface area contributed by atoms with Crippen LogP contribution in [0.3, 0.4) is 0 Å². The third-order valence-corrected chi connectivity index (χ3v) is 3.10. The molecule has 0 aliphatic rings. The third kappa shape index (κ3) is 4.54. The molecule has 1 aromatic carbocycles. The van der Waals surface area contributed by atoms with Gasteiger partial charge in [-0.2, -0.15) is 0 Å². The Balaban J connectivity index is 2.07.